The second kappa shape index (κ2) is 5.32. The van der Waals surface area contributed by atoms with Crippen LogP contribution in [0.4, 0.5) is 0 Å². The molecule has 0 saturated heterocycles. The van der Waals surface area contributed by atoms with Crippen LogP contribution in [0.1, 0.15) is 37.8 Å². The molecule has 0 bridgehead atoms. The van der Waals surface area contributed by atoms with Gasteiger partial charge in [-0.2, -0.15) is 0 Å². The quantitative estimate of drug-likeness (QED) is 0.783. The molecule has 0 amide bonds. The van der Waals surface area contributed by atoms with Crippen LogP contribution in [0.2, 0.25) is 0 Å². The molecule has 15 heavy (non-hydrogen) atoms. The Labute approximate surface area is 93.1 Å². The van der Waals surface area contributed by atoms with E-state index in [4.69, 9.17) is 0 Å². The van der Waals surface area contributed by atoms with Crippen LogP contribution in [0.25, 0.3) is 0 Å². The average molecular weight is 206 g/mol. The first kappa shape index (κ1) is 12.3. The van der Waals surface area contributed by atoms with Gasteiger partial charge in [0, 0.05) is 6.61 Å². The minimum atomic E-state index is 0.0772. The maximum atomic E-state index is 9.51. The van der Waals surface area contributed by atoms with Crippen LogP contribution >= 0.6 is 0 Å². The van der Waals surface area contributed by atoms with E-state index in [0.717, 1.165) is 19.3 Å². The van der Waals surface area contributed by atoms with Gasteiger partial charge >= 0.3 is 0 Å². The summed E-state index contributed by atoms with van der Waals surface area (Å²) in [6.07, 6.45) is 3.06. The molecule has 0 heterocycles. The number of hydrogen-bond acceptors (Lipinski definition) is 1. The van der Waals surface area contributed by atoms with Crippen molar-refractivity contribution in [2.45, 2.75) is 40.0 Å². The highest BCUT2D eigenvalue weighted by molar-refractivity contribution is 5.23. The molecule has 0 unspecified atom stereocenters. The van der Waals surface area contributed by atoms with E-state index in [-0.39, 0.29) is 12.0 Å². The molecular weight excluding hydrogens is 184 g/mol. The van der Waals surface area contributed by atoms with Crippen molar-refractivity contribution in [3.8, 4) is 0 Å². The molecule has 0 aliphatic heterocycles. The van der Waals surface area contributed by atoms with Crippen LogP contribution in [-0.4, -0.2) is 11.7 Å². The summed E-state index contributed by atoms with van der Waals surface area (Å²) in [5.41, 5.74) is 2.72. The molecule has 0 radical (unpaired) electrons. The standard InChI is InChI=1S/C14H22O/c1-4-14(5-2,11-15)10-13-8-6-7-12(3)9-13/h6-9,15H,4-5,10-11H2,1-3H3. The van der Waals surface area contributed by atoms with Gasteiger partial charge in [-0.15, -0.1) is 0 Å². The van der Waals surface area contributed by atoms with Gasteiger partial charge in [0.15, 0.2) is 0 Å². The van der Waals surface area contributed by atoms with E-state index in [1.54, 1.807) is 0 Å². The Bertz CT molecular complexity index is 292. The van der Waals surface area contributed by atoms with Crippen molar-refractivity contribution in [2.24, 2.45) is 5.41 Å². The van der Waals surface area contributed by atoms with Crippen LogP contribution < -0.4 is 0 Å². The number of hydrogen-bond donors (Lipinski definition) is 1. The van der Waals surface area contributed by atoms with Gasteiger partial charge in [-0.1, -0.05) is 43.7 Å². The monoisotopic (exact) mass is 206 g/mol. The van der Waals surface area contributed by atoms with Crippen LogP contribution in [0, 0.1) is 12.3 Å². The SMILES string of the molecule is CCC(CC)(CO)Cc1cccc(C)c1. The number of aliphatic hydroxyl groups excluding tert-OH is 1. The van der Waals surface area contributed by atoms with Crippen molar-refractivity contribution in [2.75, 3.05) is 6.61 Å². The topological polar surface area (TPSA) is 20.2 Å². The van der Waals surface area contributed by atoms with Gasteiger partial charge in [-0.05, 0) is 37.2 Å². The first-order valence-corrected chi connectivity index (χ1v) is 5.82. The Balaban J connectivity index is 2.82. The van der Waals surface area contributed by atoms with Gasteiger partial charge in [0.2, 0.25) is 0 Å². The molecule has 0 saturated carbocycles. The maximum Gasteiger partial charge on any atom is 0.0490 e. The van der Waals surface area contributed by atoms with Gasteiger partial charge in [0.05, 0.1) is 0 Å². The molecule has 1 N–H and O–H groups in total. The second-order valence-electron chi connectivity index (χ2n) is 4.53. The fourth-order valence-corrected chi connectivity index (χ4v) is 2.03. The summed E-state index contributed by atoms with van der Waals surface area (Å²) in [6.45, 7) is 6.72. The molecule has 0 spiro atoms. The molecule has 1 nitrogen and oxygen atoms in total. The summed E-state index contributed by atoms with van der Waals surface area (Å²) in [4.78, 5) is 0. The smallest absolute Gasteiger partial charge is 0.0490 e. The van der Waals surface area contributed by atoms with Crippen molar-refractivity contribution >= 4 is 0 Å². The minimum absolute atomic E-state index is 0.0772. The van der Waals surface area contributed by atoms with E-state index in [9.17, 15) is 5.11 Å². The number of rotatable bonds is 5. The zero-order valence-corrected chi connectivity index (χ0v) is 10.1. The normalized spacial score (nSPS) is 11.7. The van der Waals surface area contributed by atoms with Gasteiger partial charge in [-0.25, -0.2) is 0 Å². The molecule has 0 aliphatic carbocycles. The van der Waals surface area contributed by atoms with Crippen molar-refractivity contribution < 1.29 is 5.11 Å². The maximum absolute atomic E-state index is 9.51. The average Bonchev–Trinajstić information content (AvgIpc) is 2.26. The Kier molecular flexibility index (Phi) is 4.34. The predicted octanol–water partition coefficient (Wildman–Crippen LogP) is 3.34. The molecular formula is C14H22O. The largest absolute Gasteiger partial charge is 0.396 e. The van der Waals surface area contributed by atoms with Crippen molar-refractivity contribution in [3.05, 3.63) is 35.4 Å². The number of aliphatic hydroxyl groups is 1. The van der Waals surface area contributed by atoms with E-state index < -0.39 is 0 Å². The van der Waals surface area contributed by atoms with Crippen molar-refractivity contribution in [1.82, 2.24) is 0 Å². The lowest BCUT2D eigenvalue weighted by Crippen LogP contribution is -2.26. The van der Waals surface area contributed by atoms with E-state index in [2.05, 4.69) is 45.0 Å². The fourth-order valence-electron chi connectivity index (χ4n) is 2.03. The van der Waals surface area contributed by atoms with Gasteiger partial charge in [0.1, 0.15) is 0 Å². The third kappa shape index (κ3) is 3.07. The van der Waals surface area contributed by atoms with E-state index >= 15 is 0 Å². The highest BCUT2D eigenvalue weighted by Gasteiger charge is 2.25. The zero-order valence-electron chi connectivity index (χ0n) is 10.1. The lowest BCUT2D eigenvalue weighted by molar-refractivity contribution is 0.115. The lowest BCUT2D eigenvalue weighted by atomic mass is 9.77. The highest BCUT2D eigenvalue weighted by Crippen LogP contribution is 2.30. The molecule has 1 rings (SSSR count). The van der Waals surface area contributed by atoms with Crippen LogP contribution in [-0.2, 0) is 6.42 Å². The Morgan fingerprint density at radius 3 is 2.33 bits per heavy atom. The van der Waals surface area contributed by atoms with E-state index in [1.165, 1.54) is 11.1 Å². The lowest BCUT2D eigenvalue weighted by Gasteiger charge is -2.29. The molecule has 84 valence electrons. The van der Waals surface area contributed by atoms with Crippen LogP contribution in [0.15, 0.2) is 24.3 Å². The third-order valence-electron chi connectivity index (χ3n) is 3.50. The van der Waals surface area contributed by atoms with Gasteiger partial charge in [-0.3, -0.25) is 0 Å². The summed E-state index contributed by atoms with van der Waals surface area (Å²) in [5, 5.41) is 9.51. The summed E-state index contributed by atoms with van der Waals surface area (Å²) < 4.78 is 0. The first-order chi connectivity index (χ1) is 7.15. The zero-order chi connectivity index (χ0) is 11.3. The molecule has 0 atom stereocenters. The molecule has 1 heteroatoms. The molecule has 0 aromatic heterocycles. The van der Waals surface area contributed by atoms with E-state index in [0.29, 0.717) is 0 Å². The Hall–Kier alpha value is -0.820. The summed E-state index contributed by atoms with van der Waals surface area (Å²) in [6, 6.07) is 8.58. The Morgan fingerprint density at radius 1 is 1.20 bits per heavy atom. The fraction of sp³-hybridized carbons (Fsp3) is 0.571. The third-order valence-corrected chi connectivity index (χ3v) is 3.50. The summed E-state index contributed by atoms with van der Waals surface area (Å²) in [7, 11) is 0. The number of aryl methyl sites for hydroxylation is 1. The van der Waals surface area contributed by atoms with Crippen molar-refractivity contribution in [1.29, 1.82) is 0 Å². The van der Waals surface area contributed by atoms with Crippen molar-refractivity contribution in [3.63, 3.8) is 0 Å². The molecule has 1 aromatic carbocycles. The first-order valence-electron chi connectivity index (χ1n) is 5.82. The van der Waals surface area contributed by atoms with E-state index in [1.807, 2.05) is 0 Å². The predicted molar refractivity (Wildman–Crippen MR) is 65.0 cm³/mol. The molecule has 1 aromatic rings. The number of benzene rings is 1. The van der Waals surface area contributed by atoms with Crippen LogP contribution in [0.3, 0.4) is 0 Å². The van der Waals surface area contributed by atoms with Gasteiger partial charge in [0.25, 0.3) is 0 Å². The summed E-state index contributed by atoms with van der Waals surface area (Å²) in [5.74, 6) is 0. The van der Waals surface area contributed by atoms with Crippen LogP contribution in [0.5, 0.6) is 0 Å². The molecule has 0 fully saturated rings. The Morgan fingerprint density at radius 2 is 1.87 bits per heavy atom. The highest BCUT2D eigenvalue weighted by atomic mass is 16.3. The van der Waals surface area contributed by atoms with Gasteiger partial charge < -0.3 is 5.11 Å². The summed E-state index contributed by atoms with van der Waals surface area (Å²) >= 11 is 0. The molecule has 0 aliphatic rings. The minimum Gasteiger partial charge on any atom is -0.396 e. The second-order valence-corrected chi connectivity index (χ2v) is 4.53.